The molecule has 0 aromatic heterocycles. The van der Waals surface area contributed by atoms with Gasteiger partial charge in [-0.05, 0) is 13.8 Å². The second kappa shape index (κ2) is 10.6. The fourth-order valence-electron chi connectivity index (χ4n) is 0. The van der Waals surface area contributed by atoms with Crippen LogP contribution < -0.4 is 10.2 Å². The minimum absolute atomic E-state index is 0. The van der Waals surface area contributed by atoms with Crippen molar-refractivity contribution in [3.05, 3.63) is 0 Å². The summed E-state index contributed by atoms with van der Waals surface area (Å²) >= 11 is 0. The first kappa shape index (κ1) is 15.8. The molecule has 9 heavy (non-hydrogen) atoms. The molecule has 0 radical (unpaired) electrons. The van der Waals surface area contributed by atoms with Crippen LogP contribution in [0.2, 0.25) is 0 Å². The zero-order valence-corrected chi connectivity index (χ0v) is 7.22. The third kappa shape index (κ3) is 1750. The van der Waals surface area contributed by atoms with Gasteiger partial charge in [0.05, 0.1) is 0 Å². The van der Waals surface area contributed by atoms with E-state index >= 15 is 0 Å². The van der Waals surface area contributed by atoms with Crippen molar-refractivity contribution >= 4 is 11.9 Å². The summed E-state index contributed by atoms with van der Waals surface area (Å²) < 4.78 is 0. The van der Waals surface area contributed by atoms with Gasteiger partial charge in [-0.3, -0.25) is 0 Å². The van der Waals surface area contributed by atoms with E-state index in [2.05, 4.69) is 0 Å². The molecule has 5 heteroatoms. The zero-order valence-electron chi connectivity index (χ0n) is 4.95. The minimum atomic E-state index is -1.08. The molecule has 0 bridgehead atoms. The van der Waals surface area contributed by atoms with Crippen molar-refractivity contribution < 1.29 is 40.9 Å². The van der Waals surface area contributed by atoms with Crippen LogP contribution >= 0.6 is 0 Å². The maximum atomic E-state index is 8.89. The summed E-state index contributed by atoms with van der Waals surface area (Å²) in [4.78, 5) is 17.8. The normalized spacial score (nSPS) is 5.56. The summed E-state index contributed by atoms with van der Waals surface area (Å²) in [6.45, 7) is 1.94. The molecule has 0 N–H and O–H groups in total. The zero-order chi connectivity index (χ0) is 7.15. The second-order valence-corrected chi connectivity index (χ2v) is 0.983. The molecule has 0 aliphatic rings. The van der Waals surface area contributed by atoms with Gasteiger partial charge in [-0.25, -0.2) is 0 Å². The summed E-state index contributed by atoms with van der Waals surface area (Å²) in [5.74, 6) is -2.17. The van der Waals surface area contributed by atoms with Crippen molar-refractivity contribution in [3.63, 3.8) is 0 Å². The van der Waals surface area contributed by atoms with Gasteiger partial charge in [0.2, 0.25) is 0 Å². The molecular formula is C4H6O4Pt. The molecule has 4 nitrogen and oxygen atoms in total. The minimum Gasteiger partial charge on any atom is -0.550 e. The summed E-state index contributed by atoms with van der Waals surface area (Å²) in [7, 11) is 0. The third-order valence-electron chi connectivity index (χ3n) is 0. The topological polar surface area (TPSA) is 80.3 Å². The van der Waals surface area contributed by atoms with E-state index in [9.17, 15) is 0 Å². The maximum Gasteiger partial charge on any atom is 2.00 e. The molecule has 0 aromatic carbocycles. The molecule has 0 fully saturated rings. The van der Waals surface area contributed by atoms with Crippen molar-refractivity contribution in [2.45, 2.75) is 13.8 Å². The van der Waals surface area contributed by atoms with Crippen molar-refractivity contribution in [1.29, 1.82) is 0 Å². The van der Waals surface area contributed by atoms with Crippen molar-refractivity contribution in [2.75, 3.05) is 0 Å². The van der Waals surface area contributed by atoms with E-state index in [4.69, 9.17) is 19.8 Å². The molecule has 0 aliphatic heterocycles. The van der Waals surface area contributed by atoms with Gasteiger partial charge in [-0.2, -0.15) is 0 Å². The van der Waals surface area contributed by atoms with Crippen LogP contribution in [0.3, 0.4) is 0 Å². The predicted molar refractivity (Wildman–Crippen MR) is 21.4 cm³/mol. The Balaban J connectivity index is -0.0000000720. The van der Waals surface area contributed by atoms with Gasteiger partial charge < -0.3 is 19.8 Å². The van der Waals surface area contributed by atoms with Gasteiger partial charge in [0.15, 0.2) is 0 Å². The van der Waals surface area contributed by atoms with Gasteiger partial charge in [-0.1, -0.05) is 0 Å². The van der Waals surface area contributed by atoms with E-state index in [1.807, 2.05) is 0 Å². The van der Waals surface area contributed by atoms with E-state index in [0.717, 1.165) is 13.8 Å². The van der Waals surface area contributed by atoms with Crippen LogP contribution in [0.5, 0.6) is 0 Å². The molecule has 0 rings (SSSR count). The fraction of sp³-hybridized carbons (Fsp3) is 0.500. The first-order valence-electron chi connectivity index (χ1n) is 1.82. The summed E-state index contributed by atoms with van der Waals surface area (Å²) in [5.41, 5.74) is 0. The molecule has 0 saturated heterocycles. The summed E-state index contributed by atoms with van der Waals surface area (Å²) in [6.07, 6.45) is 0. The SMILES string of the molecule is CC(=O)[O-].CC(=O)[O-].[Pt+2]. The van der Waals surface area contributed by atoms with Gasteiger partial charge >= 0.3 is 21.1 Å². The summed E-state index contributed by atoms with van der Waals surface area (Å²) in [5, 5.41) is 17.8. The number of hydrogen-bond donors (Lipinski definition) is 0. The predicted octanol–water partition coefficient (Wildman–Crippen LogP) is -2.49. The van der Waals surface area contributed by atoms with E-state index in [1.165, 1.54) is 0 Å². The molecule has 0 spiro atoms. The largest absolute Gasteiger partial charge is 2.00 e. The number of carboxylic acids is 2. The van der Waals surface area contributed by atoms with Gasteiger partial charge in [-0.15, -0.1) is 0 Å². The Morgan fingerprint density at radius 3 is 1.00 bits per heavy atom. The maximum absolute atomic E-state index is 8.89. The second-order valence-electron chi connectivity index (χ2n) is 0.983. The molecule has 0 aliphatic carbocycles. The van der Waals surface area contributed by atoms with Crippen LogP contribution in [0, 0.1) is 0 Å². The average molecular weight is 313 g/mol. The van der Waals surface area contributed by atoms with Crippen molar-refractivity contribution in [3.8, 4) is 0 Å². The molecule has 0 saturated carbocycles. The first-order valence-corrected chi connectivity index (χ1v) is 1.82. The molecule has 0 atom stereocenters. The Bertz CT molecular complexity index is 70.6. The van der Waals surface area contributed by atoms with Gasteiger partial charge in [0.1, 0.15) is 0 Å². The van der Waals surface area contributed by atoms with Crippen LogP contribution in [0.25, 0.3) is 0 Å². The van der Waals surface area contributed by atoms with Crippen LogP contribution in [-0.2, 0) is 30.7 Å². The van der Waals surface area contributed by atoms with Crippen LogP contribution in [0.1, 0.15) is 13.8 Å². The molecule has 0 aromatic rings. The number of carbonyl (C=O) groups is 2. The average Bonchev–Trinajstić information content (AvgIpc) is 1.25. The number of rotatable bonds is 0. The Kier molecular flexibility index (Phi) is 18.6. The van der Waals surface area contributed by atoms with E-state index < -0.39 is 11.9 Å². The Morgan fingerprint density at radius 2 is 1.00 bits per heavy atom. The number of carboxylic acid groups (broad SMARTS) is 2. The Labute approximate surface area is 67.1 Å². The van der Waals surface area contributed by atoms with Crippen molar-refractivity contribution in [1.82, 2.24) is 0 Å². The molecule has 0 unspecified atom stereocenters. The van der Waals surface area contributed by atoms with E-state index in [0.29, 0.717) is 0 Å². The monoisotopic (exact) mass is 313 g/mol. The summed E-state index contributed by atoms with van der Waals surface area (Å²) in [6, 6.07) is 0. The first-order chi connectivity index (χ1) is 3.46. The molecular weight excluding hydrogens is 307 g/mol. The van der Waals surface area contributed by atoms with Crippen LogP contribution in [-0.4, -0.2) is 11.9 Å². The standard InChI is InChI=1S/2C2H4O2.Pt/c2*1-2(3)4;/h2*1H3,(H,3,4);/q;;+2/p-2. The quantitative estimate of drug-likeness (QED) is 0.496. The number of aliphatic carboxylic acids is 2. The van der Waals surface area contributed by atoms with Crippen LogP contribution in [0.15, 0.2) is 0 Å². The third-order valence-corrected chi connectivity index (χ3v) is 0. The smallest absolute Gasteiger partial charge is 0.550 e. The Morgan fingerprint density at radius 1 is 1.00 bits per heavy atom. The van der Waals surface area contributed by atoms with E-state index in [1.54, 1.807) is 0 Å². The molecule has 0 amide bonds. The number of hydrogen-bond acceptors (Lipinski definition) is 4. The van der Waals surface area contributed by atoms with Crippen molar-refractivity contribution in [2.24, 2.45) is 0 Å². The fourth-order valence-corrected chi connectivity index (χ4v) is 0. The van der Waals surface area contributed by atoms with Gasteiger partial charge in [0.25, 0.3) is 0 Å². The molecule has 56 valence electrons. The number of carbonyl (C=O) groups excluding carboxylic acids is 2. The van der Waals surface area contributed by atoms with Gasteiger partial charge in [0, 0.05) is 11.9 Å². The Hall–Kier alpha value is -0.372. The van der Waals surface area contributed by atoms with E-state index in [-0.39, 0.29) is 21.1 Å². The van der Waals surface area contributed by atoms with Crippen LogP contribution in [0.4, 0.5) is 0 Å². The molecule has 0 heterocycles.